The van der Waals surface area contributed by atoms with Crippen LogP contribution in [-0.2, 0) is 0 Å². The van der Waals surface area contributed by atoms with Crippen molar-refractivity contribution in [2.24, 2.45) is 5.41 Å². The van der Waals surface area contributed by atoms with Gasteiger partial charge in [0.1, 0.15) is 0 Å². The first-order valence-corrected chi connectivity index (χ1v) is 7.76. The lowest BCUT2D eigenvalue weighted by Gasteiger charge is -2.32. The van der Waals surface area contributed by atoms with Crippen LogP contribution in [0.2, 0.25) is 0 Å². The Morgan fingerprint density at radius 1 is 1.00 bits per heavy atom. The highest BCUT2D eigenvalue weighted by Crippen LogP contribution is 2.46. The van der Waals surface area contributed by atoms with Crippen LogP contribution in [0, 0.1) is 5.41 Å². The first kappa shape index (κ1) is 21.5. The molecule has 0 spiro atoms. The van der Waals surface area contributed by atoms with Crippen LogP contribution in [0.25, 0.3) is 0 Å². The first-order valence-electron chi connectivity index (χ1n) is 7.76. The van der Waals surface area contributed by atoms with E-state index in [9.17, 15) is 31.1 Å². The molecule has 0 bridgehead atoms. The number of halogens is 6. The molecule has 0 radical (unpaired) electrons. The number of alkyl halides is 6. The van der Waals surface area contributed by atoms with Gasteiger partial charge in [0.2, 0.25) is 0 Å². The third-order valence-corrected chi connectivity index (χ3v) is 4.24. The van der Waals surface area contributed by atoms with Crippen molar-refractivity contribution in [1.82, 2.24) is 4.98 Å². The predicted octanol–water partition coefficient (Wildman–Crippen LogP) is 5.03. The molecule has 0 fully saturated rings. The van der Waals surface area contributed by atoms with Crippen LogP contribution in [0.3, 0.4) is 0 Å². The normalized spacial score (nSPS) is 14.0. The fourth-order valence-electron chi connectivity index (χ4n) is 2.52. The molecular formula is C16H21F6NO2. The zero-order valence-corrected chi connectivity index (χ0v) is 13.9. The van der Waals surface area contributed by atoms with E-state index >= 15 is 0 Å². The van der Waals surface area contributed by atoms with Gasteiger partial charge in [-0.05, 0) is 31.4 Å². The highest BCUT2D eigenvalue weighted by atomic mass is 19.4. The SMILES string of the molecule is CC(C)(CCCCCC(O)(C(F)(F)F)C(F)(F)F)C(=O)c1ccc[nH]1. The average molecular weight is 373 g/mol. The van der Waals surface area contributed by atoms with Crippen molar-refractivity contribution in [3.05, 3.63) is 24.0 Å². The molecule has 0 atom stereocenters. The largest absolute Gasteiger partial charge is 0.426 e. The van der Waals surface area contributed by atoms with E-state index in [2.05, 4.69) is 4.98 Å². The summed E-state index contributed by atoms with van der Waals surface area (Å²) in [6.45, 7) is 3.33. The van der Waals surface area contributed by atoms with Gasteiger partial charge in [-0.25, -0.2) is 0 Å². The van der Waals surface area contributed by atoms with E-state index < -0.39 is 36.2 Å². The standard InChI is InChI=1S/C16H21F6NO2/c1-13(2,12(24)11-7-6-10-23-11)8-4-3-5-9-14(25,15(17,18)19)16(20,21)22/h6-7,10,23,25H,3-5,8-9H2,1-2H3. The molecule has 0 aliphatic rings. The second kappa shape index (κ2) is 7.39. The molecule has 1 rings (SSSR count). The van der Waals surface area contributed by atoms with Crippen molar-refractivity contribution < 1.29 is 36.2 Å². The maximum atomic E-state index is 12.5. The van der Waals surface area contributed by atoms with Gasteiger partial charge in [0.15, 0.2) is 5.78 Å². The van der Waals surface area contributed by atoms with Gasteiger partial charge < -0.3 is 10.1 Å². The number of hydrogen-bond acceptors (Lipinski definition) is 2. The molecule has 0 aromatic carbocycles. The van der Waals surface area contributed by atoms with Crippen LogP contribution < -0.4 is 0 Å². The van der Waals surface area contributed by atoms with Crippen molar-refractivity contribution in [3.8, 4) is 0 Å². The molecule has 0 unspecified atom stereocenters. The lowest BCUT2D eigenvalue weighted by molar-refractivity contribution is -0.370. The third kappa shape index (κ3) is 4.99. The van der Waals surface area contributed by atoms with Gasteiger partial charge in [0.25, 0.3) is 5.60 Å². The molecule has 0 saturated heterocycles. The molecule has 25 heavy (non-hydrogen) atoms. The quantitative estimate of drug-likeness (QED) is 0.381. The number of aliphatic hydroxyl groups is 1. The predicted molar refractivity (Wildman–Crippen MR) is 79.0 cm³/mol. The Balaban J connectivity index is 2.53. The Morgan fingerprint density at radius 3 is 1.96 bits per heavy atom. The number of hydrogen-bond donors (Lipinski definition) is 2. The summed E-state index contributed by atoms with van der Waals surface area (Å²) in [6, 6.07) is 3.25. The lowest BCUT2D eigenvalue weighted by atomic mass is 9.81. The number of nitrogens with one attached hydrogen (secondary N) is 1. The van der Waals surface area contributed by atoms with Gasteiger partial charge in [-0.15, -0.1) is 0 Å². The second-order valence-electron chi connectivity index (χ2n) is 6.71. The third-order valence-electron chi connectivity index (χ3n) is 4.24. The molecule has 9 heteroatoms. The summed E-state index contributed by atoms with van der Waals surface area (Å²) in [5, 5.41) is 9.05. The number of rotatable bonds is 8. The van der Waals surface area contributed by atoms with Crippen LogP contribution in [0.5, 0.6) is 0 Å². The fourth-order valence-corrected chi connectivity index (χ4v) is 2.52. The van der Waals surface area contributed by atoms with Crippen LogP contribution in [0.1, 0.15) is 56.4 Å². The van der Waals surface area contributed by atoms with Crippen molar-refractivity contribution in [2.45, 2.75) is 63.9 Å². The number of carbonyl (C=O) groups is 1. The van der Waals surface area contributed by atoms with Crippen molar-refractivity contribution in [1.29, 1.82) is 0 Å². The topological polar surface area (TPSA) is 53.1 Å². The molecule has 144 valence electrons. The van der Waals surface area contributed by atoms with Crippen LogP contribution in [0.4, 0.5) is 26.3 Å². The fraction of sp³-hybridized carbons (Fsp3) is 0.688. The minimum atomic E-state index is -5.78. The highest BCUT2D eigenvalue weighted by molar-refractivity contribution is 5.98. The minimum Gasteiger partial charge on any atom is -0.374 e. The maximum Gasteiger partial charge on any atom is 0.426 e. The highest BCUT2D eigenvalue weighted by Gasteiger charge is 2.69. The first-order chi connectivity index (χ1) is 11.2. The number of aromatic nitrogens is 1. The molecule has 0 aliphatic carbocycles. The zero-order chi connectivity index (χ0) is 19.5. The molecule has 2 N–H and O–H groups in total. The van der Waals surface area contributed by atoms with E-state index in [0.717, 1.165) is 0 Å². The summed E-state index contributed by atoms with van der Waals surface area (Å²) in [6.07, 6.45) is -11.3. The molecular weight excluding hydrogens is 352 g/mol. The molecule has 0 aliphatic heterocycles. The molecule has 3 nitrogen and oxygen atoms in total. The number of H-pyrrole nitrogens is 1. The lowest BCUT2D eigenvalue weighted by Crippen LogP contribution is -2.56. The summed E-state index contributed by atoms with van der Waals surface area (Å²) in [4.78, 5) is 15.0. The summed E-state index contributed by atoms with van der Waals surface area (Å²) >= 11 is 0. The van der Waals surface area contributed by atoms with Crippen molar-refractivity contribution in [3.63, 3.8) is 0 Å². The van der Waals surface area contributed by atoms with E-state index in [1.54, 1.807) is 32.2 Å². The van der Waals surface area contributed by atoms with Gasteiger partial charge in [-0.2, -0.15) is 26.3 Å². The molecule has 0 saturated carbocycles. The van der Waals surface area contributed by atoms with Gasteiger partial charge in [0.05, 0.1) is 5.69 Å². The summed E-state index contributed by atoms with van der Waals surface area (Å²) in [5.74, 6) is -0.181. The Labute approximate surface area is 141 Å². The molecule has 1 aromatic rings. The van der Waals surface area contributed by atoms with E-state index in [1.165, 1.54) is 0 Å². The summed E-state index contributed by atoms with van der Waals surface area (Å²) in [7, 11) is 0. The van der Waals surface area contributed by atoms with Gasteiger partial charge in [0, 0.05) is 11.6 Å². The van der Waals surface area contributed by atoms with Gasteiger partial charge in [-0.3, -0.25) is 4.79 Å². The minimum absolute atomic E-state index is 0.0376. The number of unbranched alkanes of at least 4 members (excludes halogenated alkanes) is 2. The summed E-state index contributed by atoms with van der Waals surface area (Å²) in [5.41, 5.74) is -5.10. The Hall–Kier alpha value is -1.51. The Bertz CT molecular complexity index is 546. The molecule has 0 amide bonds. The number of aromatic amines is 1. The van der Waals surface area contributed by atoms with Crippen molar-refractivity contribution >= 4 is 5.78 Å². The summed E-state index contributed by atoms with van der Waals surface area (Å²) < 4.78 is 75.3. The van der Waals surface area contributed by atoms with Gasteiger partial charge >= 0.3 is 12.4 Å². The van der Waals surface area contributed by atoms with E-state index in [1.807, 2.05) is 0 Å². The Kier molecular flexibility index (Phi) is 6.36. The van der Waals surface area contributed by atoms with Gasteiger partial charge in [-0.1, -0.05) is 26.7 Å². The Morgan fingerprint density at radius 2 is 1.52 bits per heavy atom. The van der Waals surface area contributed by atoms with Crippen LogP contribution in [-0.4, -0.2) is 33.8 Å². The van der Waals surface area contributed by atoms with E-state index in [0.29, 0.717) is 12.1 Å². The number of Topliss-reactive ketones (excluding diaryl/α,β-unsaturated/α-hetero) is 1. The van der Waals surface area contributed by atoms with Crippen LogP contribution in [0.15, 0.2) is 18.3 Å². The molecule has 1 heterocycles. The monoisotopic (exact) mass is 373 g/mol. The van der Waals surface area contributed by atoms with Crippen molar-refractivity contribution in [2.75, 3.05) is 0 Å². The number of carbonyl (C=O) groups excluding carboxylic acids is 1. The maximum absolute atomic E-state index is 12.5. The molecule has 1 aromatic heterocycles. The van der Waals surface area contributed by atoms with E-state index in [-0.39, 0.29) is 18.6 Å². The average Bonchev–Trinajstić information content (AvgIpc) is 2.97. The smallest absolute Gasteiger partial charge is 0.374 e. The number of ketones is 1. The zero-order valence-electron chi connectivity index (χ0n) is 13.9. The van der Waals surface area contributed by atoms with Crippen LogP contribution >= 0.6 is 0 Å². The van der Waals surface area contributed by atoms with E-state index in [4.69, 9.17) is 5.11 Å². The second-order valence-corrected chi connectivity index (χ2v) is 6.71.